The van der Waals surface area contributed by atoms with E-state index in [-0.39, 0.29) is 18.4 Å². The minimum atomic E-state index is -0.760. The Kier molecular flexibility index (Phi) is 7.59. The van der Waals surface area contributed by atoms with Crippen LogP contribution >= 0.6 is 0 Å². The number of carbonyl (C=O) groups excluding carboxylic acids is 1. The van der Waals surface area contributed by atoms with E-state index in [1.54, 1.807) is 6.92 Å². The fraction of sp³-hybridized carbons (Fsp3) is 0.867. The number of hydrogen-bond acceptors (Lipinski definition) is 3. The molecule has 116 valence electrons. The number of amides is 1. The lowest BCUT2D eigenvalue weighted by Gasteiger charge is -2.34. The smallest absolute Gasteiger partial charge is 0.303 e. The molecule has 0 aromatic heterocycles. The molecule has 0 aromatic rings. The van der Waals surface area contributed by atoms with Crippen molar-refractivity contribution in [2.24, 2.45) is 5.92 Å². The third kappa shape index (κ3) is 5.90. The van der Waals surface area contributed by atoms with E-state index in [0.717, 1.165) is 32.2 Å². The Bertz CT molecular complexity index is 319. The first kappa shape index (κ1) is 17.0. The van der Waals surface area contributed by atoms with Crippen molar-refractivity contribution >= 4 is 11.9 Å². The van der Waals surface area contributed by atoms with Crippen molar-refractivity contribution in [1.82, 2.24) is 4.90 Å². The molecule has 1 amide bonds. The number of aliphatic carboxylic acids is 1. The summed E-state index contributed by atoms with van der Waals surface area (Å²) in [6, 6.07) is 0. The Morgan fingerprint density at radius 3 is 2.85 bits per heavy atom. The van der Waals surface area contributed by atoms with Gasteiger partial charge in [-0.25, -0.2) is 0 Å². The molecule has 0 spiro atoms. The SMILES string of the molecule is CCCCOC(C)C(=O)N1CCCC(CCC(=O)O)C1. The minimum Gasteiger partial charge on any atom is -0.481 e. The molecule has 1 heterocycles. The van der Waals surface area contributed by atoms with Crippen molar-refractivity contribution in [2.45, 2.75) is 58.5 Å². The highest BCUT2D eigenvalue weighted by Crippen LogP contribution is 2.21. The summed E-state index contributed by atoms with van der Waals surface area (Å²) in [5, 5.41) is 8.73. The second kappa shape index (κ2) is 8.95. The number of nitrogens with zero attached hydrogens (tertiary/aromatic N) is 1. The van der Waals surface area contributed by atoms with Gasteiger partial charge in [0.1, 0.15) is 6.10 Å². The first-order valence-electron chi connectivity index (χ1n) is 7.66. The van der Waals surface area contributed by atoms with E-state index in [0.29, 0.717) is 25.5 Å². The Morgan fingerprint density at radius 1 is 1.45 bits per heavy atom. The molecule has 1 saturated heterocycles. The van der Waals surface area contributed by atoms with Gasteiger partial charge in [0, 0.05) is 26.1 Å². The molecule has 5 nitrogen and oxygen atoms in total. The zero-order valence-corrected chi connectivity index (χ0v) is 12.6. The average molecular weight is 285 g/mol. The molecule has 1 aliphatic rings. The molecule has 2 atom stereocenters. The number of carboxylic acids is 1. The van der Waals surface area contributed by atoms with Crippen LogP contribution in [0.4, 0.5) is 0 Å². The molecule has 0 aliphatic carbocycles. The second-order valence-corrected chi connectivity index (χ2v) is 5.59. The van der Waals surface area contributed by atoms with E-state index in [4.69, 9.17) is 9.84 Å². The topological polar surface area (TPSA) is 66.8 Å². The molecule has 20 heavy (non-hydrogen) atoms. The van der Waals surface area contributed by atoms with E-state index in [9.17, 15) is 9.59 Å². The largest absolute Gasteiger partial charge is 0.481 e. The van der Waals surface area contributed by atoms with Crippen molar-refractivity contribution in [1.29, 1.82) is 0 Å². The Labute approximate surface area is 121 Å². The van der Waals surface area contributed by atoms with E-state index in [1.165, 1.54) is 0 Å². The molecule has 1 fully saturated rings. The lowest BCUT2D eigenvalue weighted by Crippen LogP contribution is -2.45. The number of unbranched alkanes of at least 4 members (excludes halogenated alkanes) is 1. The lowest BCUT2D eigenvalue weighted by atomic mass is 9.93. The molecular formula is C15H27NO4. The van der Waals surface area contributed by atoms with Gasteiger partial charge in [0.2, 0.25) is 0 Å². The highest BCUT2D eigenvalue weighted by Gasteiger charge is 2.27. The third-order valence-electron chi connectivity index (χ3n) is 3.81. The van der Waals surface area contributed by atoms with Crippen molar-refractivity contribution in [3.05, 3.63) is 0 Å². The normalized spacial score (nSPS) is 20.7. The first-order valence-corrected chi connectivity index (χ1v) is 7.66. The van der Waals surface area contributed by atoms with Gasteiger partial charge in [-0.1, -0.05) is 13.3 Å². The van der Waals surface area contributed by atoms with Crippen LogP contribution in [-0.2, 0) is 14.3 Å². The van der Waals surface area contributed by atoms with Gasteiger partial charge >= 0.3 is 5.97 Å². The molecule has 0 saturated carbocycles. The molecule has 0 radical (unpaired) electrons. The number of piperidine rings is 1. The molecule has 0 aromatic carbocycles. The monoisotopic (exact) mass is 285 g/mol. The summed E-state index contributed by atoms with van der Waals surface area (Å²) in [7, 11) is 0. The second-order valence-electron chi connectivity index (χ2n) is 5.59. The van der Waals surface area contributed by atoms with Gasteiger partial charge in [-0.05, 0) is 38.5 Å². The summed E-state index contributed by atoms with van der Waals surface area (Å²) in [6.07, 6.45) is 4.46. The zero-order valence-electron chi connectivity index (χ0n) is 12.6. The maximum atomic E-state index is 12.3. The highest BCUT2D eigenvalue weighted by atomic mass is 16.5. The van der Waals surface area contributed by atoms with E-state index < -0.39 is 5.97 Å². The van der Waals surface area contributed by atoms with Gasteiger partial charge in [0.25, 0.3) is 5.91 Å². The Balaban J connectivity index is 2.37. The molecule has 1 rings (SSSR count). The summed E-state index contributed by atoms with van der Waals surface area (Å²) in [4.78, 5) is 24.7. The van der Waals surface area contributed by atoms with Crippen LogP contribution in [0, 0.1) is 5.92 Å². The van der Waals surface area contributed by atoms with Crippen LogP contribution in [0.3, 0.4) is 0 Å². The fourth-order valence-corrected chi connectivity index (χ4v) is 2.56. The first-order chi connectivity index (χ1) is 9.54. The van der Waals surface area contributed by atoms with Crippen LogP contribution in [0.15, 0.2) is 0 Å². The number of hydrogen-bond donors (Lipinski definition) is 1. The number of likely N-dealkylation sites (tertiary alicyclic amines) is 1. The van der Waals surface area contributed by atoms with Crippen LogP contribution < -0.4 is 0 Å². The number of rotatable bonds is 8. The standard InChI is InChI=1S/C15H27NO4/c1-3-4-10-20-12(2)15(19)16-9-5-6-13(11-16)7-8-14(17)18/h12-13H,3-11H2,1-2H3,(H,17,18). The van der Waals surface area contributed by atoms with E-state index in [2.05, 4.69) is 6.92 Å². The van der Waals surface area contributed by atoms with Gasteiger partial charge in [-0.15, -0.1) is 0 Å². The predicted octanol–water partition coefficient (Wildman–Crippen LogP) is 2.29. The molecule has 1 N–H and O–H groups in total. The number of ether oxygens (including phenoxy) is 1. The van der Waals surface area contributed by atoms with Gasteiger partial charge in [0.05, 0.1) is 0 Å². The summed E-state index contributed by atoms with van der Waals surface area (Å²) < 4.78 is 5.55. The van der Waals surface area contributed by atoms with Crippen LogP contribution in [0.2, 0.25) is 0 Å². The highest BCUT2D eigenvalue weighted by molar-refractivity contribution is 5.80. The van der Waals surface area contributed by atoms with Crippen LogP contribution in [0.5, 0.6) is 0 Å². The quantitative estimate of drug-likeness (QED) is 0.695. The minimum absolute atomic E-state index is 0.0427. The van der Waals surface area contributed by atoms with Crippen LogP contribution in [0.25, 0.3) is 0 Å². The fourth-order valence-electron chi connectivity index (χ4n) is 2.56. The van der Waals surface area contributed by atoms with Gasteiger partial charge in [-0.2, -0.15) is 0 Å². The molecule has 2 unspecified atom stereocenters. The van der Waals surface area contributed by atoms with E-state index in [1.807, 2.05) is 4.90 Å². The van der Waals surface area contributed by atoms with E-state index >= 15 is 0 Å². The maximum absolute atomic E-state index is 12.3. The van der Waals surface area contributed by atoms with Gasteiger partial charge in [0.15, 0.2) is 0 Å². The van der Waals surface area contributed by atoms with Crippen molar-refractivity contribution in [3.8, 4) is 0 Å². The summed E-state index contributed by atoms with van der Waals surface area (Å²) in [5.74, 6) is -0.405. The predicted molar refractivity (Wildman–Crippen MR) is 76.5 cm³/mol. The van der Waals surface area contributed by atoms with Crippen molar-refractivity contribution in [3.63, 3.8) is 0 Å². The van der Waals surface area contributed by atoms with Crippen molar-refractivity contribution in [2.75, 3.05) is 19.7 Å². The van der Waals surface area contributed by atoms with Gasteiger partial charge < -0.3 is 14.7 Å². The third-order valence-corrected chi connectivity index (χ3v) is 3.81. The molecule has 1 aliphatic heterocycles. The number of carbonyl (C=O) groups is 2. The maximum Gasteiger partial charge on any atom is 0.303 e. The molecule has 5 heteroatoms. The van der Waals surface area contributed by atoms with Crippen LogP contribution in [-0.4, -0.2) is 47.7 Å². The summed E-state index contributed by atoms with van der Waals surface area (Å²) >= 11 is 0. The average Bonchev–Trinajstić information content (AvgIpc) is 2.44. The summed E-state index contributed by atoms with van der Waals surface area (Å²) in [5.41, 5.74) is 0. The number of carboxylic acid groups (broad SMARTS) is 1. The molecule has 0 bridgehead atoms. The Hall–Kier alpha value is -1.10. The Morgan fingerprint density at radius 2 is 2.20 bits per heavy atom. The van der Waals surface area contributed by atoms with Crippen molar-refractivity contribution < 1.29 is 19.4 Å². The lowest BCUT2D eigenvalue weighted by molar-refractivity contribution is -0.144. The molecular weight excluding hydrogens is 258 g/mol. The summed E-state index contributed by atoms with van der Waals surface area (Å²) in [6.45, 7) is 5.96. The van der Waals surface area contributed by atoms with Crippen LogP contribution in [0.1, 0.15) is 52.4 Å². The zero-order chi connectivity index (χ0) is 15.0. The van der Waals surface area contributed by atoms with Gasteiger partial charge in [-0.3, -0.25) is 9.59 Å².